The molecule has 96 valence electrons. The molecule has 0 aromatic heterocycles. The van der Waals surface area contributed by atoms with Crippen molar-refractivity contribution in [3.8, 4) is 0 Å². The van der Waals surface area contributed by atoms with E-state index in [1.165, 1.54) is 24.3 Å². The van der Waals surface area contributed by atoms with Gasteiger partial charge in [-0.2, -0.15) is 0 Å². The van der Waals surface area contributed by atoms with Gasteiger partial charge in [0, 0.05) is 23.9 Å². The van der Waals surface area contributed by atoms with E-state index in [1.54, 1.807) is 24.3 Å². The molecule has 0 saturated carbocycles. The molecule has 0 radical (unpaired) electrons. The lowest BCUT2D eigenvalue weighted by atomic mass is 10.3. The average molecular weight is 277 g/mol. The fourth-order valence-electron chi connectivity index (χ4n) is 1.50. The third kappa shape index (κ3) is 3.29. The van der Waals surface area contributed by atoms with Crippen LogP contribution in [0.4, 0.5) is 11.4 Å². The highest BCUT2D eigenvalue weighted by Crippen LogP contribution is 2.21. The lowest BCUT2D eigenvalue weighted by Gasteiger charge is -1.94. The van der Waals surface area contributed by atoms with Gasteiger partial charge in [0.05, 0.1) is 22.0 Å². The Morgan fingerprint density at radius 2 is 1.21 bits per heavy atom. The maximum atomic E-state index is 10.7. The monoisotopic (exact) mass is 277 g/mol. The van der Waals surface area contributed by atoms with E-state index in [-0.39, 0.29) is 11.4 Å². The van der Waals surface area contributed by atoms with Crippen LogP contribution >= 0.6 is 0 Å². The molecule has 19 heavy (non-hydrogen) atoms. The van der Waals surface area contributed by atoms with Crippen LogP contribution in [-0.4, -0.2) is 9.85 Å². The Hall–Kier alpha value is -2.41. The maximum absolute atomic E-state index is 10.7. The zero-order chi connectivity index (χ0) is 13.8. The van der Waals surface area contributed by atoms with Crippen LogP contribution in [-0.2, 0) is 11.8 Å². The van der Waals surface area contributed by atoms with Gasteiger partial charge in [0.2, 0.25) is 0 Å². The van der Waals surface area contributed by atoms with Crippen molar-refractivity contribution in [3.05, 3.63) is 68.8 Å². The lowest BCUT2D eigenvalue weighted by Crippen LogP contribution is -1.92. The average Bonchev–Trinajstić information content (AvgIpc) is 2.39. The molecule has 2 aromatic rings. The van der Waals surface area contributed by atoms with Crippen LogP contribution in [0.1, 0.15) is 0 Å². The highest BCUT2D eigenvalue weighted by atomic mass is 32.2. The highest BCUT2D eigenvalue weighted by molar-refractivity contribution is 7.78. The van der Waals surface area contributed by atoms with Gasteiger partial charge in [0.1, 0.15) is 0 Å². The van der Waals surface area contributed by atoms with E-state index < -0.39 is 9.85 Å². The molecule has 6 nitrogen and oxygen atoms in total. The summed E-state index contributed by atoms with van der Waals surface area (Å²) in [5, 5.41) is 21.3. The first kappa shape index (κ1) is 13.0. The number of nitrogens with zero attached hydrogens (tertiary/aromatic N) is 2. The predicted molar refractivity (Wildman–Crippen MR) is 71.5 cm³/mol. The van der Waals surface area contributed by atoms with Crippen LogP contribution in [0.5, 0.6) is 0 Å². The lowest BCUT2D eigenvalue weighted by molar-refractivity contribution is -0.385. The SMILES string of the molecule is O=[N+]([O-])c1cccc([SH+]c2cccc([N+](=O)[O-])c2)c1. The molecule has 0 aliphatic heterocycles. The molecule has 2 aromatic carbocycles. The van der Waals surface area contributed by atoms with Gasteiger partial charge in [0.25, 0.3) is 11.4 Å². The van der Waals surface area contributed by atoms with Crippen LogP contribution < -0.4 is 0 Å². The molecular formula is C12H9N2O4S+. The molecule has 0 atom stereocenters. The quantitative estimate of drug-likeness (QED) is 0.372. The summed E-state index contributed by atoms with van der Waals surface area (Å²) >= 11 is 0.694. The van der Waals surface area contributed by atoms with E-state index in [9.17, 15) is 20.2 Å². The fourth-order valence-corrected chi connectivity index (χ4v) is 2.51. The van der Waals surface area contributed by atoms with E-state index in [1.807, 2.05) is 0 Å². The fraction of sp³-hybridized carbons (Fsp3) is 0. The summed E-state index contributed by atoms with van der Waals surface area (Å²) < 4.78 is 0. The predicted octanol–water partition coefficient (Wildman–Crippen LogP) is 2.74. The van der Waals surface area contributed by atoms with Crippen molar-refractivity contribution in [2.45, 2.75) is 9.79 Å². The number of benzene rings is 2. The molecule has 0 bridgehead atoms. The summed E-state index contributed by atoms with van der Waals surface area (Å²) in [6.45, 7) is 0. The van der Waals surface area contributed by atoms with Crippen molar-refractivity contribution < 1.29 is 9.85 Å². The van der Waals surface area contributed by atoms with Gasteiger partial charge in [-0.25, -0.2) is 0 Å². The number of nitro groups is 2. The minimum Gasteiger partial charge on any atom is -0.258 e. The van der Waals surface area contributed by atoms with Crippen molar-refractivity contribution in [1.29, 1.82) is 0 Å². The van der Waals surface area contributed by atoms with Crippen LogP contribution in [0, 0.1) is 20.2 Å². The van der Waals surface area contributed by atoms with E-state index in [0.717, 1.165) is 9.79 Å². The second-order valence-corrected chi connectivity index (χ2v) is 4.92. The summed E-state index contributed by atoms with van der Waals surface area (Å²) in [6, 6.07) is 12.4. The molecule has 0 fully saturated rings. The summed E-state index contributed by atoms with van der Waals surface area (Å²) in [5.74, 6) is 0. The Morgan fingerprint density at radius 1 is 0.789 bits per heavy atom. The van der Waals surface area contributed by atoms with E-state index in [0.29, 0.717) is 11.8 Å². The summed E-state index contributed by atoms with van der Waals surface area (Å²) in [7, 11) is 0. The minimum absolute atomic E-state index is 0.00966. The number of hydrogen-bond acceptors (Lipinski definition) is 4. The van der Waals surface area contributed by atoms with Gasteiger partial charge >= 0.3 is 0 Å². The van der Waals surface area contributed by atoms with Crippen molar-refractivity contribution in [2.24, 2.45) is 0 Å². The highest BCUT2D eigenvalue weighted by Gasteiger charge is 2.15. The van der Waals surface area contributed by atoms with Gasteiger partial charge in [-0.3, -0.25) is 20.2 Å². The van der Waals surface area contributed by atoms with Crippen molar-refractivity contribution in [3.63, 3.8) is 0 Å². The second-order valence-electron chi connectivity index (χ2n) is 3.67. The molecule has 0 spiro atoms. The number of rotatable bonds is 4. The zero-order valence-corrected chi connectivity index (χ0v) is 10.5. The molecule has 2 rings (SSSR count). The zero-order valence-electron chi connectivity index (χ0n) is 9.59. The number of hydrogen-bond donors (Lipinski definition) is 0. The first-order chi connectivity index (χ1) is 9.06. The Kier molecular flexibility index (Phi) is 3.76. The molecule has 7 heteroatoms. The molecular weight excluding hydrogens is 268 g/mol. The van der Waals surface area contributed by atoms with E-state index >= 15 is 0 Å². The molecule has 0 heterocycles. The normalized spacial score (nSPS) is 10.1. The summed E-state index contributed by atoms with van der Waals surface area (Å²) in [4.78, 5) is 21.8. The van der Waals surface area contributed by atoms with Gasteiger partial charge in [0.15, 0.2) is 9.79 Å². The third-order valence-electron chi connectivity index (χ3n) is 2.34. The first-order valence-corrected chi connectivity index (χ1v) is 6.16. The summed E-state index contributed by atoms with van der Waals surface area (Å²) in [6.07, 6.45) is 0. The molecule has 0 amide bonds. The molecule has 0 saturated heterocycles. The Balaban J connectivity index is 2.26. The van der Waals surface area contributed by atoms with Crippen LogP contribution in [0.25, 0.3) is 0 Å². The molecule has 0 aliphatic rings. The van der Waals surface area contributed by atoms with Crippen molar-refractivity contribution in [1.82, 2.24) is 0 Å². The van der Waals surface area contributed by atoms with E-state index in [4.69, 9.17) is 0 Å². The standard InChI is InChI=1S/C12H8N2O4S/c15-13(16)9-3-1-5-11(7-9)19-12-6-2-4-10(8-12)14(17)18/h1-8H/p+1. The largest absolute Gasteiger partial charge is 0.274 e. The topological polar surface area (TPSA) is 86.3 Å². The van der Waals surface area contributed by atoms with Crippen molar-refractivity contribution >= 4 is 23.1 Å². The second kappa shape index (κ2) is 5.49. The van der Waals surface area contributed by atoms with Crippen LogP contribution in [0.3, 0.4) is 0 Å². The van der Waals surface area contributed by atoms with E-state index in [2.05, 4.69) is 0 Å². The third-order valence-corrected chi connectivity index (χ3v) is 3.41. The smallest absolute Gasteiger partial charge is 0.258 e. The van der Waals surface area contributed by atoms with Gasteiger partial charge < -0.3 is 0 Å². The Morgan fingerprint density at radius 3 is 1.58 bits per heavy atom. The summed E-state index contributed by atoms with van der Waals surface area (Å²) in [5.41, 5.74) is 0.0193. The number of nitro benzene ring substituents is 2. The van der Waals surface area contributed by atoms with Crippen LogP contribution in [0.15, 0.2) is 58.3 Å². The van der Waals surface area contributed by atoms with Crippen molar-refractivity contribution in [2.75, 3.05) is 0 Å². The van der Waals surface area contributed by atoms with Crippen LogP contribution in [0.2, 0.25) is 0 Å². The Bertz CT molecular complexity index is 590. The van der Waals surface area contributed by atoms with Gasteiger partial charge in [-0.1, -0.05) is 12.1 Å². The first-order valence-electron chi connectivity index (χ1n) is 5.27. The Labute approximate surface area is 112 Å². The minimum atomic E-state index is -0.466. The maximum Gasteiger partial charge on any atom is 0.274 e. The van der Waals surface area contributed by atoms with Gasteiger partial charge in [-0.15, -0.1) is 0 Å². The number of non-ortho nitro benzene ring substituents is 2. The molecule has 0 unspecified atom stereocenters. The molecule has 0 aliphatic carbocycles. The van der Waals surface area contributed by atoms with Gasteiger partial charge in [-0.05, 0) is 12.1 Å². The number of thiol groups is 1. The molecule has 0 N–H and O–H groups in total.